The van der Waals surface area contributed by atoms with Crippen LogP contribution in [0.2, 0.25) is 0 Å². The summed E-state index contributed by atoms with van der Waals surface area (Å²) in [5.41, 5.74) is 0. The maximum Gasteiger partial charge on any atom is 0.117 e. The van der Waals surface area contributed by atoms with Gasteiger partial charge in [-0.05, 0) is 25.5 Å². The fourth-order valence-corrected chi connectivity index (χ4v) is 0.832. The largest absolute Gasteiger partial charge is 0.468 e. The zero-order valence-electron chi connectivity index (χ0n) is 7.13. The minimum Gasteiger partial charge on any atom is -0.468 e. The van der Waals surface area contributed by atoms with Crippen LogP contribution in [-0.4, -0.2) is 6.04 Å². The van der Waals surface area contributed by atoms with Gasteiger partial charge in [0.15, 0.2) is 0 Å². The summed E-state index contributed by atoms with van der Waals surface area (Å²) in [6.45, 7) is 5.17. The van der Waals surface area contributed by atoms with E-state index in [4.69, 9.17) is 4.42 Å². The molecule has 1 rings (SSSR count). The topological polar surface area (TPSA) is 25.2 Å². The lowest BCUT2D eigenvalue weighted by Crippen LogP contribution is -2.24. The number of furan rings is 1. The van der Waals surface area contributed by atoms with E-state index in [2.05, 4.69) is 19.2 Å². The molecule has 0 aliphatic carbocycles. The third kappa shape index (κ3) is 2.76. The van der Waals surface area contributed by atoms with E-state index in [1.165, 1.54) is 0 Å². The Kier molecular flexibility index (Phi) is 3.17. The Labute approximate surface area is 67.6 Å². The first-order chi connectivity index (χ1) is 5.33. The van der Waals surface area contributed by atoms with E-state index in [1.807, 2.05) is 12.1 Å². The summed E-state index contributed by atoms with van der Waals surface area (Å²) in [6, 6.07) is 4.46. The predicted octanol–water partition coefficient (Wildman–Crippen LogP) is 2.17. The zero-order valence-corrected chi connectivity index (χ0v) is 7.13. The number of rotatable bonds is 4. The molecule has 0 bridgehead atoms. The van der Waals surface area contributed by atoms with E-state index < -0.39 is 0 Å². The molecule has 1 aromatic heterocycles. The van der Waals surface area contributed by atoms with E-state index in [9.17, 15) is 0 Å². The highest BCUT2D eigenvalue weighted by Crippen LogP contribution is 1.99. The second-order valence-corrected chi connectivity index (χ2v) is 2.77. The lowest BCUT2D eigenvalue weighted by atomic mass is 10.2. The van der Waals surface area contributed by atoms with Crippen LogP contribution in [-0.2, 0) is 6.54 Å². The minimum atomic E-state index is 0.570. The van der Waals surface area contributed by atoms with Gasteiger partial charge in [0.05, 0.1) is 12.8 Å². The van der Waals surface area contributed by atoms with Gasteiger partial charge in [-0.15, -0.1) is 0 Å². The fourth-order valence-electron chi connectivity index (χ4n) is 0.832. The maximum atomic E-state index is 5.17. The van der Waals surface area contributed by atoms with Gasteiger partial charge in [-0.1, -0.05) is 6.92 Å². The first-order valence-electron chi connectivity index (χ1n) is 4.08. The third-order valence-electron chi connectivity index (χ3n) is 1.82. The lowest BCUT2D eigenvalue weighted by Gasteiger charge is -2.08. The van der Waals surface area contributed by atoms with Crippen LogP contribution < -0.4 is 5.32 Å². The van der Waals surface area contributed by atoms with Gasteiger partial charge in [-0.25, -0.2) is 0 Å². The summed E-state index contributed by atoms with van der Waals surface area (Å²) in [7, 11) is 0. The Bertz CT molecular complexity index is 181. The van der Waals surface area contributed by atoms with Crippen molar-refractivity contribution in [2.45, 2.75) is 32.9 Å². The van der Waals surface area contributed by atoms with E-state index in [1.54, 1.807) is 6.26 Å². The normalized spacial score (nSPS) is 13.3. The highest BCUT2D eigenvalue weighted by molar-refractivity contribution is 4.97. The minimum absolute atomic E-state index is 0.570. The van der Waals surface area contributed by atoms with Crippen LogP contribution in [0.4, 0.5) is 0 Å². The van der Waals surface area contributed by atoms with Gasteiger partial charge in [0.25, 0.3) is 0 Å². The predicted molar refractivity (Wildman–Crippen MR) is 45.3 cm³/mol. The van der Waals surface area contributed by atoms with Crippen LogP contribution in [0.3, 0.4) is 0 Å². The monoisotopic (exact) mass is 153 g/mol. The van der Waals surface area contributed by atoms with Gasteiger partial charge in [0.1, 0.15) is 5.76 Å². The molecule has 11 heavy (non-hydrogen) atoms. The molecule has 2 heteroatoms. The molecule has 1 atom stereocenters. The van der Waals surface area contributed by atoms with Crippen molar-refractivity contribution in [1.29, 1.82) is 0 Å². The Hall–Kier alpha value is -0.760. The van der Waals surface area contributed by atoms with Crippen LogP contribution in [0.1, 0.15) is 26.0 Å². The number of hydrogen-bond acceptors (Lipinski definition) is 2. The molecule has 1 aromatic rings. The van der Waals surface area contributed by atoms with Crippen LogP contribution >= 0.6 is 0 Å². The molecule has 0 spiro atoms. The molecule has 0 unspecified atom stereocenters. The van der Waals surface area contributed by atoms with Crippen LogP contribution in [0.25, 0.3) is 0 Å². The molecule has 0 aromatic carbocycles. The molecule has 62 valence electrons. The second kappa shape index (κ2) is 4.19. The quantitative estimate of drug-likeness (QED) is 0.717. The summed E-state index contributed by atoms with van der Waals surface area (Å²) in [6.07, 6.45) is 2.86. The average molecular weight is 153 g/mol. The van der Waals surface area contributed by atoms with Crippen LogP contribution in [0.15, 0.2) is 22.8 Å². The Morgan fingerprint density at radius 2 is 2.45 bits per heavy atom. The first-order valence-corrected chi connectivity index (χ1v) is 4.08. The first kappa shape index (κ1) is 8.34. The summed E-state index contributed by atoms with van der Waals surface area (Å²) >= 11 is 0. The Morgan fingerprint density at radius 1 is 1.64 bits per heavy atom. The van der Waals surface area contributed by atoms with E-state index in [-0.39, 0.29) is 0 Å². The van der Waals surface area contributed by atoms with Crippen molar-refractivity contribution < 1.29 is 4.42 Å². The molecule has 2 nitrogen and oxygen atoms in total. The molecule has 0 amide bonds. The second-order valence-electron chi connectivity index (χ2n) is 2.77. The molecule has 1 heterocycles. The van der Waals surface area contributed by atoms with Crippen molar-refractivity contribution in [3.8, 4) is 0 Å². The van der Waals surface area contributed by atoms with Gasteiger partial charge in [0.2, 0.25) is 0 Å². The van der Waals surface area contributed by atoms with Crippen LogP contribution in [0, 0.1) is 0 Å². The molecule has 0 fully saturated rings. The van der Waals surface area contributed by atoms with Crippen molar-refractivity contribution in [2.75, 3.05) is 0 Å². The Morgan fingerprint density at radius 3 is 3.00 bits per heavy atom. The summed E-state index contributed by atoms with van der Waals surface area (Å²) in [4.78, 5) is 0. The van der Waals surface area contributed by atoms with E-state index in [0.717, 1.165) is 18.7 Å². The van der Waals surface area contributed by atoms with Crippen molar-refractivity contribution in [2.24, 2.45) is 0 Å². The van der Waals surface area contributed by atoms with Crippen molar-refractivity contribution in [1.82, 2.24) is 5.32 Å². The number of nitrogens with one attached hydrogen (secondary N) is 1. The van der Waals surface area contributed by atoms with Crippen LogP contribution in [0.5, 0.6) is 0 Å². The highest BCUT2D eigenvalue weighted by atomic mass is 16.3. The molecule has 0 radical (unpaired) electrons. The van der Waals surface area contributed by atoms with E-state index in [0.29, 0.717) is 6.04 Å². The van der Waals surface area contributed by atoms with Crippen molar-refractivity contribution in [3.63, 3.8) is 0 Å². The molecule has 0 saturated carbocycles. The summed E-state index contributed by atoms with van der Waals surface area (Å²) in [5.74, 6) is 1.00. The molecule has 1 N–H and O–H groups in total. The standard InChI is InChI=1S/C9H15NO/c1-3-8(2)10-7-9-5-4-6-11-9/h4-6,8,10H,3,7H2,1-2H3/t8-/m1/s1. The lowest BCUT2D eigenvalue weighted by molar-refractivity contribution is 0.450. The van der Waals surface area contributed by atoms with Gasteiger partial charge in [-0.3, -0.25) is 0 Å². The molecule has 0 saturated heterocycles. The van der Waals surface area contributed by atoms with Gasteiger partial charge < -0.3 is 9.73 Å². The molecule has 0 aliphatic heterocycles. The van der Waals surface area contributed by atoms with Gasteiger partial charge in [0, 0.05) is 6.04 Å². The number of hydrogen-bond donors (Lipinski definition) is 1. The summed E-state index contributed by atoms with van der Waals surface area (Å²) < 4.78 is 5.17. The summed E-state index contributed by atoms with van der Waals surface area (Å²) in [5, 5.41) is 3.34. The fraction of sp³-hybridized carbons (Fsp3) is 0.556. The van der Waals surface area contributed by atoms with Gasteiger partial charge in [-0.2, -0.15) is 0 Å². The smallest absolute Gasteiger partial charge is 0.117 e. The zero-order chi connectivity index (χ0) is 8.10. The highest BCUT2D eigenvalue weighted by Gasteiger charge is 1.98. The molecule has 0 aliphatic rings. The third-order valence-corrected chi connectivity index (χ3v) is 1.82. The molecular weight excluding hydrogens is 138 g/mol. The maximum absolute atomic E-state index is 5.17. The molecular formula is C9H15NO. The Balaban J connectivity index is 2.23. The average Bonchev–Trinajstić information content (AvgIpc) is 2.52. The van der Waals surface area contributed by atoms with Crippen molar-refractivity contribution >= 4 is 0 Å². The van der Waals surface area contributed by atoms with E-state index >= 15 is 0 Å². The van der Waals surface area contributed by atoms with Gasteiger partial charge >= 0.3 is 0 Å². The van der Waals surface area contributed by atoms with Crippen molar-refractivity contribution in [3.05, 3.63) is 24.2 Å². The SMILES string of the molecule is CC[C@@H](C)NCc1ccco1.